The van der Waals surface area contributed by atoms with Gasteiger partial charge < -0.3 is 5.32 Å². The molecule has 0 aromatic carbocycles. The largest absolute Gasteiger partial charge is 0.316 e. The van der Waals surface area contributed by atoms with Crippen molar-refractivity contribution in [3.63, 3.8) is 0 Å². The Morgan fingerprint density at radius 2 is 1.94 bits per heavy atom. The second-order valence-electron chi connectivity index (χ2n) is 6.56. The Bertz CT molecular complexity index is 223. The lowest BCUT2D eigenvalue weighted by atomic mass is 9.95. The molecule has 2 atom stereocenters. The molecule has 2 nitrogen and oxygen atoms in total. The Morgan fingerprint density at radius 3 is 2.67 bits per heavy atom. The molecule has 1 aliphatic heterocycles. The summed E-state index contributed by atoms with van der Waals surface area (Å²) in [6.07, 6.45) is 10.1. The smallest absolute Gasteiger partial charge is 0.0124 e. The highest BCUT2D eigenvalue weighted by atomic mass is 15.2. The molecule has 2 rings (SSSR count). The lowest BCUT2D eigenvalue weighted by molar-refractivity contribution is 0.167. The third-order valence-electron chi connectivity index (χ3n) is 4.82. The highest BCUT2D eigenvalue weighted by Crippen LogP contribution is 2.35. The molecule has 0 radical (unpaired) electrons. The zero-order chi connectivity index (χ0) is 12.8. The van der Waals surface area contributed by atoms with Gasteiger partial charge in [0, 0.05) is 12.6 Å². The number of hydrogen-bond donors (Lipinski definition) is 1. The van der Waals surface area contributed by atoms with Crippen molar-refractivity contribution in [1.82, 2.24) is 10.2 Å². The first-order valence-corrected chi connectivity index (χ1v) is 8.26. The molecule has 2 aliphatic rings. The Balaban J connectivity index is 1.73. The molecule has 106 valence electrons. The molecule has 0 aromatic heterocycles. The first-order chi connectivity index (χ1) is 8.81. The minimum atomic E-state index is 0.804. The Morgan fingerprint density at radius 1 is 1.17 bits per heavy atom. The molecule has 2 fully saturated rings. The summed E-state index contributed by atoms with van der Waals surface area (Å²) in [5, 5.41) is 3.57. The van der Waals surface area contributed by atoms with Gasteiger partial charge in [0.25, 0.3) is 0 Å². The first-order valence-electron chi connectivity index (χ1n) is 8.26. The number of likely N-dealkylation sites (tertiary alicyclic amines) is 1. The lowest BCUT2D eigenvalue weighted by Crippen LogP contribution is -2.39. The number of hydrogen-bond acceptors (Lipinski definition) is 2. The maximum Gasteiger partial charge on any atom is 0.0124 e. The Labute approximate surface area is 114 Å². The van der Waals surface area contributed by atoms with Crippen LogP contribution in [-0.2, 0) is 0 Å². The van der Waals surface area contributed by atoms with Gasteiger partial charge in [0.15, 0.2) is 0 Å². The molecule has 1 N–H and O–H groups in total. The minimum Gasteiger partial charge on any atom is -0.316 e. The topological polar surface area (TPSA) is 15.3 Å². The van der Waals surface area contributed by atoms with Crippen LogP contribution in [0.5, 0.6) is 0 Å². The van der Waals surface area contributed by atoms with E-state index in [1.54, 1.807) is 0 Å². The van der Waals surface area contributed by atoms with Gasteiger partial charge in [-0.05, 0) is 63.6 Å². The van der Waals surface area contributed by atoms with Crippen molar-refractivity contribution in [2.24, 2.45) is 11.8 Å². The van der Waals surface area contributed by atoms with Crippen LogP contribution in [0.15, 0.2) is 0 Å². The Hall–Kier alpha value is -0.0800. The maximum atomic E-state index is 3.57. The minimum absolute atomic E-state index is 0.804. The van der Waals surface area contributed by atoms with Crippen LogP contribution in [0.1, 0.15) is 58.8 Å². The summed E-state index contributed by atoms with van der Waals surface area (Å²) in [4.78, 5) is 2.81. The van der Waals surface area contributed by atoms with E-state index >= 15 is 0 Å². The van der Waals surface area contributed by atoms with Crippen molar-refractivity contribution in [2.75, 3.05) is 26.2 Å². The van der Waals surface area contributed by atoms with Gasteiger partial charge in [-0.2, -0.15) is 0 Å². The molecule has 18 heavy (non-hydrogen) atoms. The second kappa shape index (κ2) is 7.49. The monoisotopic (exact) mass is 252 g/mol. The van der Waals surface area contributed by atoms with Crippen LogP contribution in [0.4, 0.5) is 0 Å². The zero-order valence-corrected chi connectivity index (χ0v) is 12.5. The van der Waals surface area contributed by atoms with E-state index in [1.165, 1.54) is 71.1 Å². The van der Waals surface area contributed by atoms with Gasteiger partial charge in [-0.25, -0.2) is 0 Å². The van der Waals surface area contributed by atoms with Crippen molar-refractivity contribution in [1.29, 1.82) is 0 Å². The van der Waals surface area contributed by atoms with Gasteiger partial charge in [-0.15, -0.1) is 0 Å². The van der Waals surface area contributed by atoms with Crippen molar-refractivity contribution >= 4 is 0 Å². The predicted molar refractivity (Wildman–Crippen MR) is 78.9 cm³/mol. The quantitative estimate of drug-likeness (QED) is 0.700. The van der Waals surface area contributed by atoms with Crippen molar-refractivity contribution in [3.8, 4) is 0 Å². The molecule has 2 heteroatoms. The summed E-state index contributed by atoms with van der Waals surface area (Å²) in [6.45, 7) is 9.70. The van der Waals surface area contributed by atoms with Crippen LogP contribution < -0.4 is 5.32 Å². The molecule has 1 aliphatic carbocycles. The molecule has 0 bridgehead atoms. The van der Waals surface area contributed by atoms with E-state index in [-0.39, 0.29) is 0 Å². The fourth-order valence-corrected chi connectivity index (χ4v) is 3.94. The summed E-state index contributed by atoms with van der Waals surface area (Å²) in [5.41, 5.74) is 0. The summed E-state index contributed by atoms with van der Waals surface area (Å²) >= 11 is 0. The predicted octanol–water partition coefficient (Wildman–Crippen LogP) is 3.28. The molecule has 2 unspecified atom stereocenters. The van der Waals surface area contributed by atoms with Crippen LogP contribution in [0, 0.1) is 11.8 Å². The van der Waals surface area contributed by atoms with Crippen molar-refractivity contribution < 1.29 is 0 Å². The van der Waals surface area contributed by atoms with Crippen LogP contribution in [0.2, 0.25) is 0 Å². The Kier molecular flexibility index (Phi) is 5.97. The fourth-order valence-electron chi connectivity index (χ4n) is 3.94. The molecule has 0 amide bonds. The van der Waals surface area contributed by atoms with Gasteiger partial charge in [0.05, 0.1) is 0 Å². The number of nitrogens with zero attached hydrogens (tertiary/aromatic N) is 1. The number of nitrogens with one attached hydrogen (secondary N) is 1. The standard InChI is InChI=1S/C16H32N2/c1-3-10-17-12-14(2)13-18-11-6-9-16(18)15-7-4-5-8-15/h14-17H,3-13H2,1-2H3. The lowest BCUT2D eigenvalue weighted by Gasteiger charge is -2.31. The summed E-state index contributed by atoms with van der Waals surface area (Å²) in [7, 11) is 0. The van der Waals surface area contributed by atoms with E-state index < -0.39 is 0 Å². The SMILES string of the molecule is CCCNCC(C)CN1CCCC1C1CCCC1. The van der Waals surface area contributed by atoms with Gasteiger partial charge >= 0.3 is 0 Å². The van der Waals surface area contributed by atoms with Gasteiger partial charge in [0.2, 0.25) is 0 Å². The summed E-state index contributed by atoms with van der Waals surface area (Å²) < 4.78 is 0. The molecule has 1 heterocycles. The average Bonchev–Trinajstić information content (AvgIpc) is 2.99. The first kappa shape index (κ1) is 14.3. The summed E-state index contributed by atoms with van der Waals surface area (Å²) in [6, 6.07) is 0.932. The van der Waals surface area contributed by atoms with Crippen LogP contribution in [-0.4, -0.2) is 37.1 Å². The summed E-state index contributed by atoms with van der Waals surface area (Å²) in [5.74, 6) is 1.84. The van der Waals surface area contributed by atoms with E-state index in [0.29, 0.717) is 0 Å². The highest BCUT2D eigenvalue weighted by Gasteiger charge is 2.33. The molecule has 1 saturated heterocycles. The van der Waals surface area contributed by atoms with Crippen molar-refractivity contribution in [3.05, 3.63) is 0 Å². The van der Waals surface area contributed by atoms with Crippen LogP contribution in [0.25, 0.3) is 0 Å². The third-order valence-corrected chi connectivity index (χ3v) is 4.82. The molecule has 0 spiro atoms. The fraction of sp³-hybridized carbons (Fsp3) is 1.00. The zero-order valence-electron chi connectivity index (χ0n) is 12.5. The van der Waals surface area contributed by atoms with E-state index in [0.717, 1.165) is 17.9 Å². The van der Waals surface area contributed by atoms with Crippen molar-refractivity contribution in [2.45, 2.75) is 64.8 Å². The number of rotatable bonds is 7. The van der Waals surface area contributed by atoms with E-state index in [1.807, 2.05) is 0 Å². The normalized spacial score (nSPS) is 28.0. The molecule has 1 saturated carbocycles. The van der Waals surface area contributed by atoms with Gasteiger partial charge in [0.1, 0.15) is 0 Å². The van der Waals surface area contributed by atoms with Crippen LogP contribution >= 0.6 is 0 Å². The van der Waals surface area contributed by atoms with Crippen LogP contribution in [0.3, 0.4) is 0 Å². The highest BCUT2D eigenvalue weighted by molar-refractivity contribution is 4.88. The molecule has 0 aromatic rings. The van der Waals surface area contributed by atoms with Gasteiger partial charge in [-0.3, -0.25) is 4.90 Å². The molecular weight excluding hydrogens is 220 g/mol. The van der Waals surface area contributed by atoms with E-state index in [4.69, 9.17) is 0 Å². The molecular formula is C16H32N2. The maximum absolute atomic E-state index is 3.57. The third kappa shape index (κ3) is 3.96. The second-order valence-corrected chi connectivity index (χ2v) is 6.56. The average molecular weight is 252 g/mol. The van der Waals surface area contributed by atoms with E-state index in [2.05, 4.69) is 24.1 Å². The van der Waals surface area contributed by atoms with E-state index in [9.17, 15) is 0 Å². The van der Waals surface area contributed by atoms with Gasteiger partial charge in [-0.1, -0.05) is 26.7 Å².